The van der Waals surface area contributed by atoms with Gasteiger partial charge in [-0.15, -0.1) is 0 Å². The minimum Gasteiger partial charge on any atom is -0.494 e. The van der Waals surface area contributed by atoms with Crippen molar-refractivity contribution in [2.75, 3.05) is 18.5 Å². The van der Waals surface area contributed by atoms with Crippen LogP contribution in [0.2, 0.25) is 5.02 Å². The van der Waals surface area contributed by atoms with E-state index < -0.39 is 10.0 Å². The van der Waals surface area contributed by atoms with Crippen LogP contribution in [0.3, 0.4) is 0 Å². The highest BCUT2D eigenvalue weighted by atomic mass is 35.5. The highest BCUT2D eigenvalue weighted by molar-refractivity contribution is 7.89. The summed E-state index contributed by atoms with van der Waals surface area (Å²) < 4.78 is 32.0. The molecule has 2 aromatic carbocycles. The zero-order valence-electron chi connectivity index (χ0n) is 13.7. The molecule has 0 aliphatic heterocycles. The fourth-order valence-corrected chi connectivity index (χ4v) is 3.61. The second kappa shape index (κ2) is 8.84. The summed E-state index contributed by atoms with van der Waals surface area (Å²) in [7, 11) is -3.75. The lowest BCUT2D eigenvalue weighted by atomic mass is 10.3. The Morgan fingerprint density at radius 3 is 2.44 bits per heavy atom. The van der Waals surface area contributed by atoms with Crippen molar-refractivity contribution in [2.24, 2.45) is 0 Å². The van der Waals surface area contributed by atoms with Crippen molar-refractivity contribution in [3.05, 3.63) is 53.6 Å². The number of halogens is 1. The van der Waals surface area contributed by atoms with Crippen molar-refractivity contribution in [2.45, 2.75) is 18.2 Å². The van der Waals surface area contributed by atoms with Gasteiger partial charge in [0.15, 0.2) is 0 Å². The van der Waals surface area contributed by atoms with Crippen molar-refractivity contribution in [1.82, 2.24) is 4.72 Å². The molecule has 134 valence electrons. The summed E-state index contributed by atoms with van der Waals surface area (Å²) in [5, 5.41) is 2.83. The van der Waals surface area contributed by atoms with Crippen LogP contribution < -0.4 is 14.8 Å². The number of nitrogens with one attached hydrogen (secondary N) is 2. The van der Waals surface area contributed by atoms with Crippen LogP contribution in [-0.2, 0) is 14.8 Å². The number of amides is 1. The van der Waals surface area contributed by atoms with Crippen LogP contribution >= 0.6 is 11.6 Å². The van der Waals surface area contributed by atoms with Crippen molar-refractivity contribution in [3.63, 3.8) is 0 Å². The topological polar surface area (TPSA) is 84.5 Å². The molecule has 0 radical (unpaired) electrons. The minimum absolute atomic E-state index is 0.00308. The van der Waals surface area contributed by atoms with Crippen molar-refractivity contribution in [1.29, 1.82) is 0 Å². The van der Waals surface area contributed by atoms with Crippen LogP contribution in [0.1, 0.15) is 13.3 Å². The molecule has 6 nitrogen and oxygen atoms in total. The molecule has 0 aliphatic carbocycles. The van der Waals surface area contributed by atoms with E-state index in [9.17, 15) is 13.2 Å². The van der Waals surface area contributed by atoms with Gasteiger partial charge in [-0.25, -0.2) is 13.1 Å². The van der Waals surface area contributed by atoms with Gasteiger partial charge >= 0.3 is 0 Å². The molecule has 0 bridgehead atoms. The lowest BCUT2D eigenvalue weighted by Crippen LogP contribution is -2.28. The smallest absolute Gasteiger partial charge is 0.242 e. The van der Waals surface area contributed by atoms with E-state index in [0.717, 1.165) is 0 Å². The van der Waals surface area contributed by atoms with Gasteiger partial charge in [-0.1, -0.05) is 23.7 Å². The van der Waals surface area contributed by atoms with Crippen LogP contribution in [0.4, 0.5) is 5.69 Å². The predicted molar refractivity (Wildman–Crippen MR) is 97.5 cm³/mol. The van der Waals surface area contributed by atoms with Crippen LogP contribution in [0.5, 0.6) is 5.75 Å². The molecule has 0 spiro atoms. The third-order valence-corrected chi connectivity index (χ3v) is 5.18. The standard InChI is InChI=1S/C17H19ClN2O4S/c1-2-24-14-9-7-13(8-10-14)20-17(21)11-12-19-25(22,23)16-6-4-3-5-15(16)18/h3-10,19H,2,11-12H2,1H3,(H,20,21). The average molecular weight is 383 g/mol. The molecule has 25 heavy (non-hydrogen) atoms. The summed E-state index contributed by atoms with van der Waals surface area (Å²) in [4.78, 5) is 11.9. The monoisotopic (exact) mass is 382 g/mol. The second-order valence-corrected chi connectivity index (χ2v) is 7.23. The Morgan fingerprint density at radius 1 is 1.12 bits per heavy atom. The number of carbonyl (C=O) groups excluding carboxylic acids is 1. The Balaban J connectivity index is 1.85. The number of anilines is 1. The lowest BCUT2D eigenvalue weighted by Gasteiger charge is -2.09. The Morgan fingerprint density at radius 2 is 1.80 bits per heavy atom. The lowest BCUT2D eigenvalue weighted by molar-refractivity contribution is -0.116. The molecule has 0 atom stereocenters. The molecule has 0 unspecified atom stereocenters. The summed E-state index contributed by atoms with van der Waals surface area (Å²) in [5.74, 6) is 0.416. The van der Waals surface area contributed by atoms with Gasteiger partial charge in [0, 0.05) is 18.7 Å². The van der Waals surface area contributed by atoms with Crippen LogP contribution in [0.15, 0.2) is 53.4 Å². The van der Waals surface area contributed by atoms with Gasteiger partial charge in [-0.3, -0.25) is 4.79 Å². The predicted octanol–water partition coefficient (Wildman–Crippen LogP) is 3.05. The first-order chi connectivity index (χ1) is 11.9. The van der Waals surface area contributed by atoms with E-state index in [1.165, 1.54) is 12.1 Å². The molecule has 0 aromatic heterocycles. The quantitative estimate of drug-likeness (QED) is 0.734. The highest BCUT2D eigenvalue weighted by Crippen LogP contribution is 2.20. The second-order valence-electron chi connectivity index (χ2n) is 5.08. The van der Waals surface area contributed by atoms with Crippen molar-refractivity contribution >= 4 is 33.2 Å². The van der Waals surface area contributed by atoms with Gasteiger partial charge in [-0.05, 0) is 43.3 Å². The van der Waals surface area contributed by atoms with Crippen molar-refractivity contribution < 1.29 is 17.9 Å². The number of ether oxygens (including phenoxy) is 1. The SMILES string of the molecule is CCOc1ccc(NC(=O)CCNS(=O)(=O)c2ccccc2Cl)cc1. The fourth-order valence-electron chi connectivity index (χ4n) is 2.06. The molecule has 0 fully saturated rings. The third-order valence-electron chi connectivity index (χ3n) is 3.22. The number of hydrogen-bond acceptors (Lipinski definition) is 4. The molecule has 0 heterocycles. The van der Waals surface area contributed by atoms with Crippen molar-refractivity contribution in [3.8, 4) is 5.75 Å². The maximum absolute atomic E-state index is 12.2. The van der Waals surface area contributed by atoms with E-state index in [1.807, 2.05) is 6.92 Å². The van der Waals surface area contributed by atoms with Gasteiger partial charge in [-0.2, -0.15) is 0 Å². The van der Waals surface area contributed by atoms with Crippen LogP contribution in [0.25, 0.3) is 0 Å². The Kier molecular flexibility index (Phi) is 6.81. The Labute approximate surface area is 152 Å². The van der Waals surface area contributed by atoms with E-state index in [1.54, 1.807) is 36.4 Å². The summed E-state index contributed by atoms with van der Waals surface area (Å²) in [6, 6.07) is 13.1. The normalized spacial score (nSPS) is 11.1. The highest BCUT2D eigenvalue weighted by Gasteiger charge is 2.17. The Hall–Kier alpha value is -2.09. The van der Waals surface area contributed by atoms with E-state index >= 15 is 0 Å². The molecule has 0 aliphatic rings. The van der Waals surface area contributed by atoms with E-state index in [0.29, 0.717) is 18.0 Å². The summed E-state index contributed by atoms with van der Waals surface area (Å²) in [6.45, 7) is 2.42. The van der Waals surface area contributed by atoms with Gasteiger partial charge in [0.1, 0.15) is 10.6 Å². The van der Waals surface area contributed by atoms with E-state index in [2.05, 4.69) is 10.0 Å². The average Bonchev–Trinajstić information content (AvgIpc) is 2.57. The largest absolute Gasteiger partial charge is 0.494 e. The minimum atomic E-state index is -3.75. The van der Waals surface area contributed by atoms with Gasteiger partial charge in [0.2, 0.25) is 15.9 Å². The molecule has 8 heteroatoms. The first-order valence-corrected chi connectivity index (χ1v) is 9.55. The first kappa shape index (κ1) is 19.2. The Bertz CT molecular complexity index is 823. The maximum Gasteiger partial charge on any atom is 0.242 e. The van der Waals surface area contributed by atoms with E-state index in [-0.39, 0.29) is 28.8 Å². The summed E-state index contributed by atoms with van der Waals surface area (Å²) in [5.41, 5.74) is 0.613. The zero-order chi connectivity index (χ0) is 18.3. The number of sulfonamides is 1. The number of rotatable bonds is 8. The number of hydrogen-bond donors (Lipinski definition) is 2. The van der Waals surface area contributed by atoms with Gasteiger partial charge in [0.25, 0.3) is 0 Å². The molecule has 2 aromatic rings. The molecular formula is C17H19ClN2O4S. The van der Waals surface area contributed by atoms with Crippen LogP contribution in [0, 0.1) is 0 Å². The molecule has 1 amide bonds. The molecule has 0 saturated carbocycles. The molecule has 2 rings (SSSR count). The molecule has 0 saturated heterocycles. The summed E-state index contributed by atoms with van der Waals surface area (Å²) >= 11 is 5.88. The van der Waals surface area contributed by atoms with E-state index in [4.69, 9.17) is 16.3 Å². The number of carbonyl (C=O) groups is 1. The molecular weight excluding hydrogens is 364 g/mol. The van der Waals surface area contributed by atoms with Gasteiger partial charge < -0.3 is 10.1 Å². The fraction of sp³-hybridized carbons (Fsp3) is 0.235. The maximum atomic E-state index is 12.2. The van der Waals surface area contributed by atoms with Gasteiger partial charge in [0.05, 0.1) is 11.6 Å². The van der Waals surface area contributed by atoms with Crippen LogP contribution in [-0.4, -0.2) is 27.5 Å². The first-order valence-electron chi connectivity index (χ1n) is 7.69. The molecule has 2 N–H and O–H groups in total. The number of benzene rings is 2. The summed E-state index contributed by atoms with van der Waals surface area (Å²) in [6.07, 6.45) is -0.00308. The zero-order valence-corrected chi connectivity index (χ0v) is 15.2. The third kappa shape index (κ3) is 5.74.